The maximum atomic E-state index is 12.3. The Bertz CT molecular complexity index is 777. The van der Waals surface area contributed by atoms with Gasteiger partial charge in [-0.25, -0.2) is 0 Å². The van der Waals surface area contributed by atoms with Crippen LogP contribution < -0.4 is 5.32 Å². The largest absolute Gasteiger partial charge is 0.325 e. The molecular formula is C17H15BrN2O4. The molecule has 0 saturated heterocycles. The molecule has 0 fully saturated rings. The second-order valence-corrected chi connectivity index (χ2v) is 6.08. The summed E-state index contributed by atoms with van der Waals surface area (Å²) in [5.41, 5.74) is 1.61. The Morgan fingerprint density at radius 1 is 1.21 bits per heavy atom. The van der Waals surface area contributed by atoms with E-state index >= 15 is 0 Å². The van der Waals surface area contributed by atoms with E-state index < -0.39 is 17.3 Å². The van der Waals surface area contributed by atoms with Crippen molar-refractivity contribution in [3.05, 3.63) is 74.2 Å². The number of hydrogen-bond donors (Lipinski definition) is 1. The van der Waals surface area contributed by atoms with E-state index in [1.54, 1.807) is 13.0 Å². The Balaban J connectivity index is 2.11. The van der Waals surface area contributed by atoms with Gasteiger partial charge in [0.15, 0.2) is 0 Å². The molecule has 124 valence electrons. The van der Waals surface area contributed by atoms with E-state index in [-0.39, 0.29) is 17.4 Å². The molecule has 0 bridgehead atoms. The molecule has 0 aromatic heterocycles. The number of amides is 1. The molecule has 1 amide bonds. The van der Waals surface area contributed by atoms with Crippen molar-refractivity contribution in [2.45, 2.75) is 12.8 Å². The van der Waals surface area contributed by atoms with E-state index in [9.17, 15) is 19.7 Å². The molecule has 6 nitrogen and oxygen atoms in total. The van der Waals surface area contributed by atoms with Crippen molar-refractivity contribution in [1.29, 1.82) is 0 Å². The predicted octanol–water partition coefficient (Wildman–Crippen LogP) is 3.65. The molecular weight excluding hydrogens is 376 g/mol. The van der Waals surface area contributed by atoms with E-state index in [2.05, 4.69) is 21.2 Å². The molecule has 0 saturated carbocycles. The number of rotatable bonds is 6. The lowest BCUT2D eigenvalue weighted by Gasteiger charge is -2.14. The van der Waals surface area contributed by atoms with Crippen LogP contribution >= 0.6 is 15.9 Å². The summed E-state index contributed by atoms with van der Waals surface area (Å²) in [5, 5.41) is 13.2. The van der Waals surface area contributed by atoms with Crippen LogP contribution in [-0.2, 0) is 4.79 Å². The minimum Gasteiger partial charge on any atom is -0.325 e. The van der Waals surface area contributed by atoms with Crippen LogP contribution in [0.15, 0.2) is 53.0 Å². The minimum absolute atomic E-state index is 0.189. The fraction of sp³-hybridized carbons (Fsp3) is 0.176. The topological polar surface area (TPSA) is 89.3 Å². The molecule has 0 aliphatic carbocycles. The van der Waals surface area contributed by atoms with Gasteiger partial charge in [0.05, 0.1) is 11.6 Å². The highest BCUT2D eigenvalue weighted by molar-refractivity contribution is 9.10. The van der Waals surface area contributed by atoms with Gasteiger partial charge in [0.25, 0.3) is 6.54 Å². The van der Waals surface area contributed by atoms with Crippen LogP contribution in [0.5, 0.6) is 0 Å². The van der Waals surface area contributed by atoms with E-state index in [1.165, 1.54) is 12.1 Å². The Morgan fingerprint density at radius 2 is 1.88 bits per heavy atom. The molecule has 1 atom stereocenters. The molecule has 0 aliphatic rings. The molecule has 2 aromatic carbocycles. The molecule has 2 rings (SSSR count). The van der Waals surface area contributed by atoms with Gasteiger partial charge in [-0.2, -0.15) is 0 Å². The summed E-state index contributed by atoms with van der Waals surface area (Å²) in [7, 11) is 0. The number of carbonyl (C=O) groups excluding carboxylic acids is 2. The third-order valence-electron chi connectivity index (χ3n) is 3.51. The summed E-state index contributed by atoms with van der Waals surface area (Å²) in [4.78, 5) is 33.8. The molecule has 0 spiro atoms. The third kappa shape index (κ3) is 4.48. The van der Waals surface area contributed by atoms with Gasteiger partial charge in [-0.1, -0.05) is 30.3 Å². The highest BCUT2D eigenvalue weighted by Crippen LogP contribution is 2.26. The maximum absolute atomic E-state index is 12.3. The van der Waals surface area contributed by atoms with Crippen LogP contribution in [0.3, 0.4) is 0 Å². The van der Waals surface area contributed by atoms with Gasteiger partial charge >= 0.3 is 0 Å². The number of carbonyl (C=O) groups is 2. The van der Waals surface area contributed by atoms with E-state index in [4.69, 9.17) is 0 Å². The number of ketones is 1. The Labute approximate surface area is 147 Å². The Hall–Kier alpha value is -2.54. The SMILES string of the molecule is CC(C(=O)Nc1ccc(C(=O)C[N+](=O)[O-])cc1Br)c1ccccc1. The third-order valence-corrected chi connectivity index (χ3v) is 4.17. The van der Waals surface area contributed by atoms with Gasteiger partial charge in [0.1, 0.15) is 0 Å². The molecule has 1 unspecified atom stereocenters. The second kappa shape index (κ2) is 7.83. The van der Waals surface area contributed by atoms with E-state index in [1.807, 2.05) is 30.3 Å². The zero-order valence-electron chi connectivity index (χ0n) is 12.9. The van der Waals surface area contributed by atoms with Crippen molar-refractivity contribution in [3.8, 4) is 0 Å². The highest BCUT2D eigenvalue weighted by atomic mass is 79.9. The van der Waals surface area contributed by atoms with Gasteiger partial charge in [-0.05, 0) is 46.6 Å². The maximum Gasteiger partial charge on any atom is 0.265 e. The summed E-state index contributed by atoms with van der Waals surface area (Å²) in [6.07, 6.45) is 0. The van der Waals surface area contributed by atoms with Crippen molar-refractivity contribution in [2.24, 2.45) is 0 Å². The number of nitrogens with zero attached hydrogens (tertiary/aromatic N) is 1. The first-order chi connectivity index (χ1) is 11.4. The molecule has 1 N–H and O–H groups in total. The first-order valence-corrected chi connectivity index (χ1v) is 7.98. The average Bonchev–Trinajstić information content (AvgIpc) is 2.56. The lowest BCUT2D eigenvalue weighted by molar-refractivity contribution is -0.465. The Morgan fingerprint density at radius 3 is 2.46 bits per heavy atom. The van der Waals surface area contributed by atoms with Gasteiger partial charge in [-0.15, -0.1) is 0 Å². The van der Waals surface area contributed by atoms with Crippen molar-refractivity contribution < 1.29 is 14.5 Å². The summed E-state index contributed by atoms with van der Waals surface area (Å²) < 4.78 is 0.491. The van der Waals surface area contributed by atoms with Gasteiger partial charge in [0.2, 0.25) is 11.7 Å². The Kier molecular flexibility index (Phi) is 5.81. The quantitative estimate of drug-likeness (QED) is 0.463. The van der Waals surface area contributed by atoms with Crippen LogP contribution in [0.2, 0.25) is 0 Å². The van der Waals surface area contributed by atoms with Gasteiger partial charge in [-0.3, -0.25) is 19.7 Å². The minimum atomic E-state index is -0.761. The molecule has 24 heavy (non-hydrogen) atoms. The molecule has 0 aliphatic heterocycles. The molecule has 2 aromatic rings. The fourth-order valence-electron chi connectivity index (χ4n) is 2.13. The smallest absolute Gasteiger partial charge is 0.265 e. The van der Waals surface area contributed by atoms with Crippen molar-refractivity contribution >= 4 is 33.3 Å². The normalized spacial score (nSPS) is 11.6. The van der Waals surface area contributed by atoms with Gasteiger partial charge in [0, 0.05) is 15.0 Å². The summed E-state index contributed by atoms with van der Waals surface area (Å²) in [5.74, 6) is -1.11. The van der Waals surface area contributed by atoms with Gasteiger partial charge < -0.3 is 5.32 Å². The summed E-state index contributed by atoms with van der Waals surface area (Å²) in [6, 6.07) is 13.8. The van der Waals surface area contributed by atoms with Crippen LogP contribution in [0, 0.1) is 10.1 Å². The lowest BCUT2D eigenvalue weighted by atomic mass is 10.0. The zero-order valence-corrected chi connectivity index (χ0v) is 14.4. The number of anilines is 1. The first-order valence-electron chi connectivity index (χ1n) is 7.19. The predicted molar refractivity (Wildman–Crippen MR) is 93.8 cm³/mol. The second-order valence-electron chi connectivity index (χ2n) is 5.23. The number of hydrogen-bond acceptors (Lipinski definition) is 4. The monoisotopic (exact) mass is 390 g/mol. The molecule has 0 heterocycles. The average molecular weight is 391 g/mol. The number of nitro groups is 1. The van der Waals surface area contributed by atoms with E-state index in [0.29, 0.717) is 10.2 Å². The number of Topliss-reactive ketones (excluding diaryl/α,β-unsaturated/α-hetero) is 1. The lowest BCUT2D eigenvalue weighted by Crippen LogP contribution is -2.19. The van der Waals surface area contributed by atoms with Crippen LogP contribution in [0.4, 0.5) is 5.69 Å². The fourth-order valence-corrected chi connectivity index (χ4v) is 2.61. The van der Waals surface area contributed by atoms with Crippen molar-refractivity contribution in [1.82, 2.24) is 0 Å². The summed E-state index contributed by atoms with van der Waals surface area (Å²) >= 11 is 3.28. The van der Waals surface area contributed by atoms with Crippen LogP contribution in [0.1, 0.15) is 28.8 Å². The highest BCUT2D eigenvalue weighted by Gasteiger charge is 2.18. The summed E-state index contributed by atoms with van der Waals surface area (Å²) in [6.45, 7) is 1.04. The van der Waals surface area contributed by atoms with Crippen molar-refractivity contribution in [3.63, 3.8) is 0 Å². The van der Waals surface area contributed by atoms with Crippen molar-refractivity contribution in [2.75, 3.05) is 11.9 Å². The van der Waals surface area contributed by atoms with E-state index in [0.717, 1.165) is 5.56 Å². The van der Waals surface area contributed by atoms with Crippen LogP contribution in [0.25, 0.3) is 0 Å². The first kappa shape index (κ1) is 17.8. The number of nitrogens with one attached hydrogen (secondary N) is 1. The molecule has 7 heteroatoms. The standard InChI is InChI=1S/C17H15BrN2O4/c1-11(12-5-3-2-4-6-12)17(22)19-15-8-7-13(9-14(15)18)16(21)10-20(23)24/h2-9,11H,10H2,1H3,(H,19,22). The number of halogens is 1. The molecule has 0 radical (unpaired) electrons. The number of benzene rings is 2. The van der Waals surface area contributed by atoms with Crippen LogP contribution in [-0.4, -0.2) is 23.2 Å². The zero-order chi connectivity index (χ0) is 17.7.